The number of anilines is 1. The lowest BCUT2D eigenvalue weighted by Gasteiger charge is -2.30. The van der Waals surface area contributed by atoms with Gasteiger partial charge in [0.05, 0.1) is 9.95 Å². The summed E-state index contributed by atoms with van der Waals surface area (Å²) < 4.78 is 0. The van der Waals surface area contributed by atoms with Crippen LogP contribution in [-0.4, -0.2) is 29.3 Å². The Kier molecular flexibility index (Phi) is 3.76. The fourth-order valence-corrected chi connectivity index (χ4v) is 2.26. The van der Waals surface area contributed by atoms with Crippen LogP contribution >= 0.6 is 11.6 Å². The quantitative estimate of drug-likeness (QED) is 0.477. The topological polar surface area (TPSA) is 76.3 Å². The van der Waals surface area contributed by atoms with E-state index >= 15 is 0 Å². The maximum atomic E-state index is 11.0. The summed E-state index contributed by atoms with van der Waals surface area (Å²) in [4.78, 5) is 27.1. The molecule has 0 bridgehead atoms. The SMILES string of the molecule is O=CC1CCCN(c2ncc(Cl)cc2[N+](=O)[O-])C1. The van der Waals surface area contributed by atoms with Gasteiger partial charge < -0.3 is 9.69 Å². The Balaban J connectivity index is 2.32. The molecule has 0 saturated carbocycles. The molecule has 1 saturated heterocycles. The van der Waals surface area contributed by atoms with Crippen LogP contribution in [0.25, 0.3) is 0 Å². The first-order valence-electron chi connectivity index (χ1n) is 5.62. The molecule has 0 radical (unpaired) electrons. The van der Waals surface area contributed by atoms with E-state index < -0.39 is 4.92 Å². The second-order valence-electron chi connectivity index (χ2n) is 4.24. The van der Waals surface area contributed by atoms with Gasteiger partial charge in [0, 0.05) is 31.3 Å². The molecule has 1 aromatic rings. The van der Waals surface area contributed by atoms with Crippen molar-refractivity contribution >= 4 is 29.4 Å². The van der Waals surface area contributed by atoms with Crippen LogP contribution in [0.2, 0.25) is 5.02 Å². The van der Waals surface area contributed by atoms with Crippen LogP contribution in [-0.2, 0) is 4.79 Å². The fraction of sp³-hybridized carbons (Fsp3) is 0.455. The van der Waals surface area contributed by atoms with E-state index in [1.54, 1.807) is 4.90 Å². The molecular formula is C11H12ClN3O3. The molecule has 2 rings (SSSR count). The lowest BCUT2D eigenvalue weighted by Crippen LogP contribution is -2.36. The largest absolute Gasteiger partial charge is 0.350 e. The highest BCUT2D eigenvalue weighted by Crippen LogP contribution is 2.30. The molecule has 0 aromatic carbocycles. The number of aromatic nitrogens is 1. The summed E-state index contributed by atoms with van der Waals surface area (Å²) >= 11 is 5.71. The predicted molar refractivity (Wildman–Crippen MR) is 66.9 cm³/mol. The highest BCUT2D eigenvalue weighted by molar-refractivity contribution is 6.30. The molecule has 96 valence electrons. The molecule has 0 aliphatic carbocycles. The zero-order valence-electron chi connectivity index (χ0n) is 9.58. The second kappa shape index (κ2) is 5.30. The molecule has 1 aliphatic heterocycles. The van der Waals surface area contributed by atoms with Crippen molar-refractivity contribution in [3.63, 3.8) is 0 Å². The third kappa shape index (κ3) is 2.59. The monoisotopic (exact) mass is 269 g/mol. The van der Waals surface area contributed by atoms with Gasteiger partial charge in [-0.05, 0) is 12.8 Å². The third-order valence-corrected chi connectivity index (χ3v) is 3.17. The van der Waals surface area contributed by atoms with E-state index in [-0.39, 0.29) is 22.4 Å². The Morgan fingerprint density at radius 3 is 3.06 bits per heavy atom. The number of nitrogens with zero attached hydrogens (tertiary/aromatic N) is 3. The van der Waals surface area contributed by atoms with Gasteiger partial charge in [0.1, 0.15) is 6.29 Å². The van der Waals surface area contributed by atoms with Crippen LogP contribution in [0.4, 0.5) is 11.5 Å². The number of nitro groups is 1. The van der Waals surface area contributed by atoms with Crippen LogP contribution in [0.3, 0.4) is 0 Å². The van der Waals surface area contributed by atoms with E-state index in [2.05, 4.69) is 4.98 Å². The van der Waals surface area contributed by atoms with Crippen molar-refractivity contribution in [2.45, 2.75) is 12.8 Å². The molecule has 1 unspecified atom stereocenters. The lowest BCUT2D eigenvalue weighted by molar-refractivity contribution is -0.384. The van der Waals surface area contributed by atoms with Gasteiger partial charge in [-0.3, -0.25) is 10.1 Å². The third-order valence-electron chi connectivity index (χ3n) is 2.96. The maximum absolute atomic E-state index is 11.0. The summed E-state index contributed by atoms with van der Waals surface area (Å²) in [6, 6.07) is 1.29. The minimum absolute atomic E-state index is 0.0872. The van der Waals surface area contributed by atoms with Gasteiger partial charge in [-0.2, -0.15) is 0 Å². The molecule has 7 heteroatoms. The van der Waals surface area contributed by atoms with Gasteiger partial charge in [0.15, 0.2) is 0 Å². The first-order valence-corrected chi connectivity index (χ1v) is 6.00. The number of carbonyl (C=O) groups excluding carboxylic acids is 1. The van der Waals surface area contributed by atoms with Gasteiger partial charge in [0.25, 0.3) is 0 Å². The Morgan fingerprint density at radius 2 is 2.39 bits per heavy atom. The smallest absolute Gasteiger partial charge is 0.313 e. The van der Waals surface area contributed by atoms with Crippen LogP contribution in [0.1, 0.15) is 12.8 Å². The van der Waals surface area contributed by atoms with Crippen LogP contribution < -0.4 is 4.90 Å². The van der Waals surface area contributed by atoms with E-state index in [0.29, 0.717) is 13.1 Å². The van der Waals surface area contributed by atoms with Crippen molar-refractivity contribution in [3.05, 3.63) is 27.4 Å². The van der Waals surface area contributed by atoms with Crippen molar-refractivity contribution in [2.75, 3.05) is 18.0 Å². The first kappa shape index (κ1) is 12.8. The number of piperidine rings is 1. The molecule has 1 fully saturated rings. The van der Waals surface area contributed by atoms with Crippen molar-refractivity contribution < 1.29 is 9.72 Å². The summed E-state index contributed by atoms with van der Waals surface area (Å²) in [6.07, 6.45) is 3.93. The number of aldehydes is 1. The normalized spacial score (nSPS) is 19.6. The van der Waals surface area contributed by atoms with Gasteiger partial charge in [-0.15, -0.1) is 0 Å². The van der Waals surface area contributed by atoms with Crippen molar-refractivity contribution in [1.82, 2.24) is 4.98 Å². The zero-order chi connectivity index (χ0) is 13.1. The molecule has 0 N–H and O–H groups in total. The summed E-state index contributed by atoms with van der Waals surface area (Å²) in [5.74, 6) is 0.201. The molecule has 1 aromatic heterocycles. The molecule has 0 spiro atoms. The van der Waals surface area contributed by atoms with Crippen LogP contribution in [0.5, 0.6) is 0 Å². The van der Waals surface area contributed by atoms with Crippen molar-refractivity contribution in [3.8, 4) is 0 Å². The average Bonchev–Trinajstić information content (AvgIpc) is 2.38. The fourth-order valence-electron chi connectivity index (χ4n) is 2.11. The van der Waals surface area contributed by atoms with Crippen molar-refractivity contribution in [1.29, 1.82) is 0 Å². The van der Waals surface area contributed by atoms with Crippen LogP contribution in [0, 0.1) is 16.0 Å². The highest BCUT2D eigenvalue weighted by Gasteiger charge is 2.26. The van der Waals surface area contributed by atoms with Crippen LogP contribution in [0.15, 0.2) is 12.3 Å². The second-order valence-corrected chi connectivity index (χ2v) is 4.67. The van der Waals surface area contributed by atoms with E-state index in [9.17, 15) is 14.9 Å². The standard InChI is InChI=1S/C11H12ClN3O3/c12-9-4-10(15(17)18)11(13-5-9)14-3-1-2-8(6-14)7-16/h4-5,7-8H,1-3,6H2. The molecule has 6 nitrogen and oxygen atoms in total. The summed E-state index contributed by atoms with van der Waals surface area (Å²) in [5.41, 5.74) is -0.117. The summed E-state index contributed by atoms with van der Waals surface area (Å²) in [6.45, 7) is 1.14. The lowest BCUT2D eigenvalue weighted by atomic mass is 10.00. The molecule has 1 atom stereocenters. The molecule has 18 heavy (non-hydrogen) atoms. The summed E-state index contributed by atoms with van der Waals surface area (Å²) in [7, 11) is 0. The Labute approximate surface area is 109 Å². The molecule has 0 amide bonds. The van der Waals surface area contributed by atoms with Crippen molar-refractivity contribution in [2.24, 2.45) is 5.92 Å². The molecular weight excluding hydrogens is 258 g/mol. The first-order chi connectivity index (χ1) is 8.61. The van der Waals surface area contributed by atoms with E-state index in [1.165, 1.54) is 12.3 Å². The van der Waals surface area contributed by atoms with Gasteiger partial charge in [-0.25, -0.2) is 4.98 Å². The van der Waals surface area contributed by atoms with Gasteiger partial charge in [0.2, 0.25) is 5.82 Å². The minimum Gasteiger partial charge on any atom is -0.350 e. The summed E-state index contributed by atoms with van der Waals surface area (Å²) in [5, 5.41) is 11.2. The highest BCUT2D eigenvalue weighted by atomic mass is 35.5. The van der Waals surface area contributed by atoms with Gasteiger partial charge >= 0.3 is 5.69 Å². The van der Waals surface area contributed by atoms with Gasteiger partial charge in [-0.1, -0.05) is 11.6 Å². The molecule has 1 aliphatic rings. The number of hydrogen-bond donors (Lipinski definition) is 0. The average molecular weight is 270 g/mol. The molecule has 2 heterocycles. The maximum Gasteiger partial charge on any atom is 0.313 e. The predicted octanol–water partition coefficient (Wildman–Crippen LogP) is 2.06. The zero-order valence-corrected chi connectivity index (χ0v) is 10.3. The Bertz CT molecular complexity index is 481. The van der Waals surface area contributed by atoms with E-state index in [1.807, 2.05) is 0 Å². The Morgan fingerprint density at radius 1 is 1.61 bits per heavy atom. The number of halogens is 1. The number of carbonyl (C=O) groups is 1. The minimum atomic E-state index is -0.501. The van der Waals surface area contributed by atoms with E-state index in [4.69, 9.17) is 11.6 Å². The number of pyridine rings is 1. The number of hydrogen-bond acceptors (Lipinski definition) is 5. The van der Waals surface area contributed by atoms with E-state index in [0.717, 1.165) is 19.1 Å². The number of rotatable bonds is 3. The Hall–Kier alpha value is -1.69.